The summed E-state index contributed by atoms with van der Waals surface area (Å²) in [4.78, 5) is 26.6. The summed E-state index contributed by atoms with van der Waals surface area (Å²) < 4.78 is 0. The topological polar surface area (TPSA) is 79.3 Å². The zero-order valence-corrected chi connectivity index (χ0v) is 11.4. The summed E-state index contributed by atoms with van der Waals surface area (Å²) in [5, 5.41) is 11.9. The molecule has 0 aliphatic heterocycles. The van der Waals surface area contributed by atoms with Crippen molar-refractivity contribution >= 4 is 40.9 Å². The lowest BCUT2D eigenvalue weighted by Crippen LogP contribution is -2.14. The molecule has 0 fully saturated rings. The van der Waals surface area contributed by atoms with Crippen molar-refractivity contribution in [1.29, 1.82) is 0 Å². The Bertz CT molecular complexity index is 689. The van der Waals surface area contributed by atoms with Crippen LogP contribution in [-0.2, 0) is 0 Å². The van der Waals surface area contributed by atoms with Crippen LogP contribution in [0.4, 0.5) is 5.82 Å². The smallest absolute Gasteiger partial charge is 0.354 e. The molecule has 1 aromatic carbocycles. The van der Waals surface area contributed by atoms with Crippen molar-refractivity contribution in [3.05, 3.63) is 57.7 Å². The molecule has 7 heteroatoms. The van der Waals surface area contributed by atoms with Gasteiger partial charge >= 0.3 is 5.97 Å². The minimum atomic E-state index is -1.18. The van der Waals surface area contributed by atoms with Crippen molar-refractivity contribution in [1.82, 2.24) is 4.98 Å². The number of aromatic nitrogens is 1. The molecule has 0 aliphatic carbocycles. The van der Waals surface area contributed by atoms with Gasteiger partial charge in [0.05, 0.1) is 10.6 Å². The van der Waals surface area contributed by atoms with E-state index in [1.54, 1.807) is 6.07 Å². The minimum absolute atomic E-state index is 0.117. The van der Waals surface area contributed by atoms with E-state index in [2.05, 4.69) is 10.3 Å². The molecule has 0 saturated carbocycles. The largest absolute Gasteiger partial charge is 0.477 e. The fourth-order valence-electron chi connectivity index (χ4n) is 1.48. The van der Waals surface area contributed by atoms with Gasteiger partial charge in [-0.2, -0.15) is 0 Å². The van der Waals surface area contributed by atoms with Crippen LogP contribution in [0.3, 0.4) is 0 Å². The second kappa shape index (κ2) is 5.90. The highest BCUT2D eigenvalue weighted by Crippen LogP contribution is 2.21. The maximum atomic E-state index is 12.0. The first-order valence-corrected chi connectivity index (χ1v) is 6.20. The van der Waals surface area contributed by atoms with E-state index in [0.717, 1.165) is 0 Å². The number of hydrogen-bond donors (Lipinski definition) is 2. The predicted octanol–water partition coefficient (Wildman–Crippen LogP) is 3.34. The number of hydrogen-bond acceptors (Lipinski definition) is 3. The third kappa shape index (κ3) is 3.26. The molecule has 0 radical (unpaired) electrons. The fraction of sp³-hybridized carbons (Fsp3) is 0. The summed E-state index contributed by atoms with van der Waals surface area (Å²) in [5.74, 6) is -1.58. The van der Waals surface area contributed by atoms with Crippen LogP contribution in [0.1, 0.15) is 20.8 Å². The van der Waals surface area contributed by atoms with E-state index in [1.807, 2.05) is 0 Å². The van der Waals surface area contributed by atoms with Crippen LogP contribution >= 0.6 is 23.2 Å². The van der Waals surface area contributed by atoms with Gasteiger partial charge < -0.3 is 10.4 Å². The molecule has 102 valence electrons. The Kier molecular flexibility index (Phi) is 4.22. The predicted molar refractivity (Wildman–Crippen MR) is 75.6 cm³/mol. The van der Waals surface area contributed by atoms with Crippen molar-refractivity contribution in [3.8, 4) is 0 Å². The maximum absolute atomic E-state index is 12.0. The summed E-state index contributed by atoms with van der Waals surface area (Å²) >= 11 is 11.7. The molecule has 5 nitrogen and oxygen atoms in total. The molecule has 1 heterocycles. The van der Waals surface area contributed by atoms with Gasteiger partial charge in [0.15, 0.2) is 5.69 Å². The SMILES string of the molecule is O=C(O)c1cccc(NC(=O)c2cc(Cl)ccc2Cl)n1. The van der Waals surface area contributed by atoms with Crippen molar-refractivity contribution in [3.63, 3.8) is 0 Å². The van der Waals surface area contributed by atoms with Gasteiger partial charge in [0.25, 0.3) is 5.91 Å². The fourth-order valence-corrected chi connectivity index (χ4v) is 1.85. The van der Waals surface area contributed by atoms with E-state index < -0.39 is 11.9 Å². The molecular formula is C13H8Cl2N2O3. The van der Waals surface area contributed by atoms with Gasteiger partial charge in [0.1, 0.15) is 5.82 Å². The number of carbonyl (C=O) groups is 2. The number of benzene rings is 1. The number of carboxylic acids is 1. The highest BCUT2D eigenvalue weighted by Gasteiger charge is 2.13. The molecule has 1 amide bonds. The summed E-state index contributed by atoms with van der Waals surface area (Å²) in [6, 6.07) is 8.75. The van der Waals surface area contributed by atoms with E-state index in [0.29, 0.717) is 5.02 Å². The molecule has 2 aromatic rings. The van der Waals surface area contributed by atoms with E-state index in [4.69, 9.17) is 28.3 Å². The normalized spacial score (nSPS) is 10.1. The van der Waals surface area contributed by atoms with Crippen molar-refractivity contribution < 1.29 is 14.7 Å². The molecule has 0 saturated heterocycles. The number of nitrogens with zero attached hydrogens (tertiary/aromatic N) is 1. The molecule has 0 aliphatic rings. The van der Waals surface area contributed by atoms with Crippen molar-refractivity contribution in [2.75, 3.05) is 5.32 Å². The average Bonchev–Trinajstić information content (AvgIpc) is 2.41. The first kappa shape index (κ1) is 14.3. The standard InChI is InChI=1S/C13H8Cl2N2O3/c14-7-4-5-9(15)8(6-7)12(18)17-11-3-1-2-10(16-11)13(19)20/h1-6H,(H,19,20)(H,16,17,18). The molecule has 1 aromatic heterocycles. The van der Waals surface area contributed by atoms with Gasteiger partial charge in [-0.3, -0.25) is 4.79 Å². The highest BCUT2D eigenvalue weighted by atomic mass is 35.5. The summed E-state index contributed by atoms with van der Waals surface area (Å²) in [6.45, 7) is 0. The second-order valence-electron chi connectivity index (χ2n) is 3.79. The zero-order chi connectivity index (χ0) is 14.7. The summed E-state index contributed by atoms with van der Waals surface area (Å²) in [6.07, 6.45) is 0. The van der Waals surface area contributed by atoms with Gasteiger partial charge in [0, 0.05) is 5.02 Å². The first-order valence-electron chi connectivity index (χ1n) is 5.44. The number of pyridine rings is 1. The van der Waals surface area contributed by atoms with Crippen LogP contribution in [0.5, 0.6) is 0 Å². The monoisotopic (exact) mass is 310 g/mol. The summed E-state index contributed by atoms with van der Waals surface area (Å²) in [5.41, 5.74) is 0.0154. The van der Waals surface area contributed by atoms with Crippen LogP contribution in [0.15, 0.2) is 36.4 Å². The van der Waals surface area contributed by atoms with E-state index in [9.17, 15) is 9.59 Å². The Labute approximate surface area is 124 Å². The number of carbonyl (C=O) groups excluding carboxylic acids is 1. The first-order chi connectivity index (χ1) is 9.47. The lowest BCUT2D eigenvalue weighted by Gasteiger charge is -2.07. The quantitative estimate of drug-likeness (QED) is 0.911. The van der Waals surface area contributed by atoms with Crippen LogP contribution in [0, 0.1) is 0 Å². The van der Waals surface area contributed by atoms with Gasteiger partial charge in [0.2, 0.25) is 0 Å². The molecule has 0 unspecified atom stereocenters. The van der Waals surface area contributed by atoms with Gasteiger partial charge in [-0.25, -0.2) is 9.78 Å². The van der Waals surface area contributed by atoms with E-state index >= 15 is 0 Å². The Hall–Kier alpha value is -2.11. The van der Waals surface area contributed by atoms with Gasteiger partial charge in [-0.05, 0) is 30.3 Å². The van der Waals surface area contributed by atoms with Crippen LogP contribution in [-0.4, -0.2) is 22.0 Å². The lowest BCUT2D eigenvalue weighted by atomic mass is 10.2. The Morgan fingerprint density at radius 1 is 1.15 bits per heavy atom. The highest BCUT2D eigenvalue weighted by molar-refractivity contribution is 6.36. The number of nitrogens with one attached hydrogen (secondary N) is 1. The van der Waals surface area contributed by atoms with Gasteiger partial charge in [-0.15, -0.1) is 0 Å². The Balaban J connectivity index is 2.25. The maximum Gasteiger partial charge on any atom is 0.354 e. The second-order valence-corrected chi connectivity index (χ2v) is 4.64. The molecule has 20 heavy (non-hydrogen) atoms. The number of halogens is 2. The van der Waals surface area contributed by atoms with Gasteiger partial charge in [-0.1, -0.05) is 29.3 Å². The number of rotatable bonds is 3. The van der Waals surface area contributed by atoms with Crippen LogP contribution in [0.25, 0.3) is 0 Å². The third-order valence-electron chi connectivity index (χ3n) is 2.38. The molecule has 2 N–H and O–H groups in total. The molecule has 0 bridgehead atoms. The van der Waals surface area contributed by atoms with Crippen LogP contribution < -0.4 is 5.32 Å². The number of carboxylic acid groups (broad SMARTS) is 1. The third-order valence-corrected chi connectivity index (χ3v) is 2.95. The zero-order valence-electron chi connectivity index (χ0n) is 9.93. The van der Waals surface area contributed by atoms with Crippen LogP contribution in [0.2, 0.25) is 10.0 Å². The Morgan fingerprint density at radius 3 is 2.60 bits per heavy atom. The number of amides is 1. The van der Waals surface area contributed by atoms with E-state index in [-0.39, 0.29) is 22.1 Å². The Morgan fingerprint density at radius 2 is 1.90 bits per heavy atom. The minimum Gasteiger partial charge on any atom is -0.477 e. The lowest BCUT2D eigenvalue weighted by molar-refractivity contribution is 0.0690. The average molecular weight is 311 g/mol. The molecule has 2 rings (SSSR count). The number of anilines is 1. The number of aromatic carboxylic acids is 1. The molecular weight excluding hydrogens is 303 g/mol. The van der Waals surface area contributed by atoms with Crippen molar-refractivity contribution in [2.24, 2.45) is 0 Å². The molecule has 0 atom stereocenters. The van der Waals surface area contributed by atoms with E-state index in [1.165, 1.54) is 30.3 Å². The summed E-state index contributed by atoms with van der Waals surface area (Å²) in [7, 11) is 0. The van der Waals surface area contributed by atoms with Crippen molar-refractivity contribution in [2.45, 2.75) is 0 Å². The molecule has 0 spiro atoms.